The first kappa shape index (κ1) is 14.5. The van der Waals surface area contributed by atoms with E-state index >= 15 is 0 Å². The summed E-state index contributed by atoms with van der Waals surface area (Å²) in [5.74, 6) is -0.108. The van der Waals surface area contributed by atoms with Gasteiger partial charge < -0.3 is 5.32 Å². The predicted molar refractivity (Wildman–Crippen MR) is 86.9 cm³/mol. The second-order valence-corrected chi connectivity index (χ2v) is 6.00. The standard InChI is InChI=1S/C16H16N4OS/c1-11-20-15(10-22-11)13-4-2-12(3-5-13)6-7-17-16(21)14-8-18-19-9-14/h2-5,8-10H,6-7H2,1H3,(H,17,21)(H,18,19). The summed E-state index contributed by atoms with van der Waals surface area (Å²) < 4.78 is 0. The molecule has 112 valence electrons. The van der Waals surface area contributed by atoms with Crippen LogP contribution in [0.1, 0.15) is 20.9 Å². The zero-order valence-corrected chi connectivity index (χ0v) is 13.0. The molecule has 0 aliphatic heterocycles. The summed E-state index contributed by atoms with van der Waals surface area (Å²) in [5, 5.41) is 12.4. The molecule has 22 heavy (non-hydrogen) atoms. The van der Waals surface area contributed by atoms with Crippen molar-refractivity contribution in [2.75, 3.05) is 6.54 Å². The van der Waals surface area contributed by atoms with Crippen LogP contribution in [0.4, 0.5) is 0 Å². The Hall–Kier alpha value is -2.47. The first-order valence-electron chi connectivity index (χ1n) is 7.01. The van der Waals surface area contributed by atoms with Gasteiger partial charge in [0.2, 0.25) is 0 Å². The largest absolute Gasteiger partial charge is 0.352 e. The summed E-state index contributed by atoms with van der Waals surface area (Å²) in [5.41, 5.74) is 3.87. The number of amides is 1. The summed E-state index contributed by atoms with van der Waals surface area (Å²) in [7, 11) is 0. The Labute approximate surface area is 132 Å². The number of aromatic amines is 1. The fourth-order valence-electron chi connectivity index (χ4n) is 2.14. The SMILES string of the molecule is Cc1nc(-c2ccc(CCNC(=O)c3cn[nH]c3)cc2)cs1. The zero-order valence-electron chi connectivity index (χ0n) is 12.2. The van der Waals surface area contributed by atoms with Crippen LogP contribution in [0.25, 0.3) is 11.3 Å². The van der Waals surface area contributed by atoms with Crippen molar-refractivity contribution in [1.82, 2.24) is 20.5 Å². The Bertz CT molecular complexity index is 747. The fraction of sp³-hybridized carbons (Fsp3) is 0.188. The summed E-state index contributed by atoms with van der Waals surface area (Å²) in [6, 6.07) is 8.30. The van der Waals surface area contributed by atoms with Gasteiger partial charge in [0.05, 0.1) is 22.5 Å². The minimum atomic E-state index is -0.108. The summed E-state index contributed by atoms with van der Waals surface area (Å²) in [6.07, 6.45) is 3.89. The van der Waals surface area contributed by atoms with Crippen molar-refractivity contribution in [3.05, 3.63) is 58.2 Å². The number of H-pyrrole nitrogens is 1. The monoisotopic (exact) mass is 312 g/mol. The van der Waals surface area contributed by atoms with Gasteiger partial charge in [-0.25, -0.2) is 4.98 Å². The maximum atomic E-state index is 11.8. The van der Waals surface area contributed by atoms with Gasteiger partial charge in [-0.05, 0) is 18.9 Å². The Kier molecular flexibility index (Phi) is 4.29. The van der Waals surface area contributed by atoms with Gasteiger partial charge >= 0.3 is 0 Å². The molecular weight excluding hydrogens is 296 g/mol. The van der Waals surface area contributed by atoms with Gasteiger partial charge in [-0.3, -0.25) is 9.89 Å². The number of nitrogens with one attached hydrogen (secondary N) is 2. The second-order valence-electron chi connectivity index (χ2n) is 4.94. The van der Waals surface area contributed by atoms with Gasteiger partial charge in [-0.2, -0.15) is 5.10 Å². The van der Waals surface area contributed by atoms with E-state index in [2.05, 4.69) is 50.1 Å². The molecule has 0 bridgehead atoms. The smallest absolute Gasteiger partial charge is 0.254 e. The quantitative estimate of drug-likeness (QED) is 0.761. The highest BCUT2D eigenvalue weighted by molar-refractivity contribution is 7.09. The first-order chi connectivity index (χ1) is 10.7. The fourth-order valence-corrected chi connectivity index (χ4v) is 2.76. The number of benzene rings is 1. The van der Waals surface area contributed by atoms with Crippen LogP contribution in [-0.4, -0.2) is 27.6 Å². The Morgan fingerprint density at radius 2 is 2.14 bits per heavy atom. The molecule has 2 aromatic heterocycles. The van der Waals surface area contributed by atoms with Crippen molar-refractivity contribution in [1.29, 1.82) is 0 Å². The highest BCUT2D eigenvalue weighted by Crippen LogP contribution is 2.21. The van der Waals surface area contributed by atoms with Gasteiger partial charge in [0.15, 0.2) is 0 Å². The average Bonchev–Trinajstić information content (AvgIpc) is 3.19. The third kappa shape index (κ3) is 3.40. The summed E-state index contributed by atoms with van der Waals surface area (Å²) >= 11 is 1.65. The number of hydrogen-bond donors (Lipinski definition) is 2. The van der Waals surface area contributed by atoms with E-state index in [1.165, 1.54) is 11.8 Å². The number of aromatic nitrogens is 3. The number of nitrogens with zero attached hydrogens (tertiary/aromatic N) is 2. The van der Waals surface area contributed by atoms with Crippen molar-refractivity contribution in [2.24, 2.45) is 0 Å². The van der Waals surface area contributed by atoms with Gasteiger partial charge in [0.1, 0.15) is 0 Å². The molecule has 0 saturated heterocycles. The molecule has 5 nitrogen and oxygen atoms in total. The Balaban J connectivity index is 1.54. The number of carbonyl (C=O) groups is 1. The molecule has 3 aromatic rings. The molecule has 0 atom stereocenters. The molecule has 3 rings (SSSR count). The van der Waals surface area contributed by atoms with E-state index in [0.717, 1.165) is 22.7 Å². The predicted octanol–water partition coefficient (Wildman–Crippen LogP) is 2.81. The van der Waals surface area contributed by atoms with Crippen LogP contribution in [-0.2, 0) is 6.42 Å². The Morgan fingerprint density at radius 1 is 1.32 bits per heavy atom. The van der Waals surface area contributed by atoms with Crippen LogP contribution in [0.2, 0.25) is 0 Å². The van der Waals surface area contributed by atoms with Crippen molar-refractivity contribution in [2.45, 2.75) is 13.3 Å². The molecule has 0 unspecified atom stereocenters. The molecular formula is C16H16N4OS. The molecule has 1 aromatic carbocycles. The topological polar surface area (TPSA) is 70.7 Å². The lowest BCUT2D eigenvalue weighted by molar-refractivity contribution is 0.0954. The van der Waals surface area contributed by atoms with E-state index < -0.39 is 0 Å². The van der Waals surface area contributed by atoms with Crippen molar-refractivity contribution < 1.29 is 4.79 Å². The number of aryl methyl sites for hydroxylation is 1. The molecule has 0 spiro atoms. The van der Waals surface area contributed by atoms with E-state index in [1.54, 1.807) is 17.5 Å². The van der Waals surface area contributed by atoms with Gasteiger partial charge in [0, 0.05) is 23.7 Å². The first-order valence-corrected chi connectivity index (χ1v) is 7.89. The molecule has 2 N–H and O–H groups in total. The third-order valence-electron chi connectivity index (χ3n) is 3.33. The lowest BCUT2D eigenvalue weighted by Crippen LogP contribution is -2.25. The number of hydrogen-bond acceptors (Lipinski definition) is 4. The number of thiazole rings is 1. The van der Waals surface area contributed by atoms with Gasteiger partial charge in [-0.1, -0.05) is 24.3 Å². The van der Waals surface area contributed by atoms with E-state index in [1.807, 2.05) is 6.92 Å². The lowest BCUT2D eigenvalue weighted by atomic mass is 10.1. The molecule has 0 aliphatic carbocycles. The lowest BCUT2D eigenvalue weighted by Gasteiger charge is -2.05. The van der Waals surface area contributed by atoms with E-state index in [9.17, 15) is 4.79 Å². The molecule has 6 heteroatoms. The third-order valence-corrected chi connectivity index (χ3v) is 4.10. The second kappa shape index (κ2) is 6.53. The molecule has 0 radical (unpaired) electrons. The molecule has 0 fully saturated rings. The van der Waals surface area contributed by atoms with Crippen LogP contribution in [0.15, 0.2) is 42.0 Å². The number of carbonyl (C=O) groups excluding carboxylic acids is 1. The molecule has 2 heterocycles. The number of rotatable bonds is 5. The van der Waals surface area contributed by atoms with Crippen molar-refractivity contribution in [3.8, 4) is 11.3 Å². The van der Waals surface area contributed by atoms with Crippen LogP contribution in [0.5, 0.6) is 0 Å². The summed E-state index contributed by atoms with van der Waals surface area (Å²) in [6.45, 7) is 2.60. The molecule has 0 saturated carbocycles. The van der Waals surface area contributed by atoms with Crippen LogP contribution in [0.3, 0.4) is 0 Å². The van der Waals surface area contributed by atoms with Crippen LogP contribution < -0.4 is 5.32 Å². The highest BCUT2D eigenvalue weighted by Gasteiger charge is 2.06. The minimum Gasteiger partial charge on any atom is -0.352 e. The maximum absolute atomic E-state index is 11.8. The van der Waals surface area contributed by atoms with Crippen LogP contribution in [0, 0.1) is 6.92 Å². The van der Waals surface area contributed by atoms with Gasteiger partial charge in [-0.15, -0.1) is 11.3 Å². The van der Waals surface area contributed by atoms with E-state index in [-0.39, 0.29) is 5.91 Å². The van der Waals surface area contributed by atoms with Gasteiger partial charge in [0.25, 0.3) is 5.91 Å². The van der Waals surface area contributed by atoms with E-state index in [4.69, 9.17) is 0 Å². The van der Waals surface area contributed by atoms with Crippen molar-refractivity contribution >= 4 is 17.2 Å². The normalized spacial score (nSPS) is 10.6. The minimum absolute atomic E-state index is 0.108. The highest BCUT2D eigenvalue weighted by atomic mass is 32.1. The van der Waals surface area contributed by atoms with Crippen molar-refractivity contribution in [3.63, 3.8) is 0 Å². The summed E-state index contributed by atoms with van der Waals surface area (Å²) in [4.78, 5) is 16.2. The zero-order chi connectivity index (χ0) is 15.4. The molecule has 1 amide bonds. The maximum Gasteiger partial charge on any atom is 0.254 e. The Morgan fingerprint density at radius 3 is 2.77 bits per heavy atom. The molecule has 0 aliphatic rings. The van der Waals surface area contributed by atoms with Crippen LogP contribution >= 0.6 is 11.3 Å². The van der Waals surface area contributed by atoms with E-state index in [0.29, 0.717) is 12.1 Å². The average molecular weight is 312 g/mol.